The van der Waals surface area contributed by atoms with Gasteiger partial charge < -0.3 is 13.7 Å². The number of aromatic nitrogens is 3. The third-order valence-corrected chi connectivity index (χ3v) is 4.58. The Morgan fingerprint density at radius 3 is 2.79 bits per heavy atom. The largest absolute Gasteiger partial charge is 0.463 e. The van der Waals surface area contributed by atoms with Crippen LogP contribution < -0.4 is 0 Å². The topological polar surface area (TPSA) is 70.2 Å². The zero-order chi connectivity index (χ0) is 16.9. The molecule has 0 radical (unpaired) electrons. The van der Waals surface area contributed by atoms with E-state index in [0.717, 1.165) is 16.5 Å². The standard InChI is InChI=1S/C17H17N3O3S/c1-12-18-19-17(20(12)10-13-6-4-3-5-7-13)24-11-14-8-9-23-15(14)16(21)22-2/h3-9H,10-11H2,1-2H3. The predicted octanol–water partition coefficient (Wildman–Crippen LogP) is 3.31. The van der Waals surface area contributed by atoms with Crippen molar-refractivity contribution in [3.63, 3.8) is 0 Å². The summed E-state index contributed by atoms with van der Waals surface area (Å²) in [5.41, 5.74) is 1.96. The van der Waals surface area contributed by atoms with Crippen LogP contribution in [-0.4, -0.2) is 27.8 Å². The Labute approximate surface area is 143 Å². The lowest BCUT2D eigenvalue weighted by Crippen LogP contribution is -2.05. The number of nitrogens with zero attached hydrogens (tertiary/aromatic N) is 3. The van der Waals surface area contributed by atoms with Crippen LogP contribution in [0.2, 0.25) is 0 Å². The third-order valence-electron chi connectivity index (χ3n) is 3.56. The molecule has 0 spiro atoms. The number of hydrogen-bond donors (Lipinski definition) is 0. The average molecular weight is 343 g/mol. The number of carbonyl (C=O) groups excluding carboxylic acids is 1. The Morgan fingerprint density at radius 1 is 1.25 bits per heavy atom. The molecule has 1 aromatic carbocycles. The Balaban J connectivity index is 1.75. The fraction of sp³-hybridized carbons (Fsp3) is 0.235. The average Bonchev–Trinajstić information content (AvgIpc) is 3.21. The molecule has 0 aliphatic heterocycles. The van der Waals surface area contributed by atoms with Crippen LogP contribution in [0.25, 0.3) is 0 Å². The molecule has 0 N–H and O–H groups in total. The SMILES string of the molecule is COC(=O)c1occc1CSc1nnc(C)n1Cc1ccccc1. The van der Waals surface area contributed by atoms with Gasteiger partial charge in [-0.15, -0.1) is 10.2 Å². The van der Waals surface area contributed by atoms with E-state index in [2.05, 4.69) is 26.9 Å². The number of esters is 1. The second kappa shape index (κ2) is 7.35. The molecule has 0 unspecified atom stereocenters. The summed E-state index contributed by atoms with van der Waals surface area (Å²) < 4.78 is 12.0. The monoisotopic (exact) mass is 343 g/mol. The van der Waals surface area contributed by atoms with E-state index in [1.54, 1.807) is 6.07 Å². The highest BCUT2D eigenvalue weighted by molar-refractivity contribution is 7.98. The second-order valence-corrected chi connectivity index (χ2v) is 6.10. The molecule has 7 heteroatoms. The van der Waals surface area contributed by atoms with Gasteiger partial charge in [0.1, 0.15) is 5.82 Å². The number of ether oxygens (including phenoxy) is 1. The maximum Gasteiger partial charge on any atom is 0.374 e. The number of rotatable bonds is 6. The van der Waals surface area contributed by atoms with Crippen molar-refractivity contribution in [2.24, 2.45) is 0 Å². The van der Waals surface area contributed by atoms with Gasteiger partial charge in [-0.25, -0.2) is 4.79 Å². The summed E-state index contributed by atoms with van der Waals surface area (Å²) in [6, 6.07) is 11.9. The van der Waals surface area contributed by atoms with Crippen molar-refractivity contribution in [1.29, 1.82) is 0 Å². The van der Waals surface area contributed by atoms with Gasteiger partial charge in [0, 0.05) is 11.3 Å². The van der Waals surface area contributed by atoms with Crippen LogP contribution in [0.3, 0.4) is 0 Å². The molecule has 24 heavy (non-hydrogen) atoms. The number of carbonyl (C=O) groups is 1. The minimum Gasteiger partial charge on any atom is -0.463 e. The zero-order valence-electron chi connectivity index (χ0n) is 13.4. The van der Waals surface area contributed by atoms with Gasteiger partial charge in [0.25, 0.3) is 0 Å². The van der Waals surface area contributed by atoms with Crippen molar-refractivity contribution >= 4 is 17.7 Å². The molecule has 3 rings (SSSR count). The van der Waals surface area contributed by atoms with Gasteiger partial charge in [0.15, 0.2) is 5.16 Å². The molecular weight excluding hydrogens is 326 g/mol. The van der Waals surface area contributed by atoms with Crippen molar-refractivity contribution in [3.8, 4) is 0 Å². The Bertz CT molecular complexity index is 827. The number of hydrogen-bond acceptors (Lipinski definition) is 6. The minimum atomic E-state index is -0.475. The molecule has 124 valence electrons. The van der Waals surface area contributed by atoms with Crippen LogP contribution in [-0.2, 0) is 17.0 Å². The number of benzene rings is 1. The maximum atomic E-state index is 11.7. The lowest BCUT2D eigenvalue weighted by atomic mass is 10.2. The highest BCUT2D eigenvalue weighted by Crippen LogP contribution is 2.25. The fourth-order valence-electron chi connectivity index (χ4n) is 2.28. The Hall–Kier alpha value is -2.54. The lowest BCUT2D eigenvalue weighted by Gasteiger charge is -2.08. The van der Waals surface area contributed by atoms with Gasteiger partial charge in [-0.3, -0.25) is 0 Å². The van der Waals surface area contributed by atoms with Gasteiger partial charge in [-0.2, -0.15) is 0 Å². The molecule has 0 aliphatic carbocycles. The summed E-state index contributed by atoms with van der Waals surface area (Å²) in [7, 11) is 1.33. The van der Waals surface area contributed by atoms with Crippen molar-refractivity contribution in [2.45, 2.75) is 24.4 Å². The van der Waals surface area contributed by atoms with E-state index >= 15 is 0 Å². The van der Waals surface area contributed by atoms with E-state index in [9.17, 15) is 4.79 Å². The van der Waals surface area contributed by atoms with E-state index < -0.39 is 5.97 Å². The van der Waals surface area contributed by atoms with Crippen LogP contribution in [0.15, 0.2) is 52.2 Å². The molecule has 0 saturated carbocycles. The van der Waals surface area contributed by atoms with Crippen LogP contribution in [0.4, 0.5) is 0 Å². The van der Waals surface area contributed by atoms with E-state index in [0.29, 0.717) is 12.3 Å². The first-order valence-electron chi connectivity index (χ1n) is 7.40. The fourth-order valence-corrected chi connectivity index (χ4v) is 3.24. The predicted molar refractivity (Wildman–Crippen MR) is 89.9 cm³/mol. The summed E-state index contributed by atoms with van der Waals surface area (Å²) in [6.07, 6.45) is 1.49. The first kappa shape index (κ1) is 16.3. The van der Waals surface area contributed by atoms with Crippen molar-refractivity contribution < 1.29 is 13.9 Å². The summed E-state index contributed by atoms with van der Waals surface area (Å²) >= 11 is 1.51. The van der Waals surface area contributed by atoms with E-state index in [1.165, 1.54) is 30.7 Å². The van der Waals surface area contributed by atoms with Crippen molar-refractivity contribution in [2.75, 3.05) is 7.11 Å². The molecule has 0 atom stereocenters. The molecule has 0 fully saturated rings. The quantitative estimate of drug-likeness (QED) is 0.505. The van der Waals surface area contributed by atoms with E-state index in [1.807, 2.05) is 25.1 Å². The summed E-state index contributed by atoms with van der Waals surface area (Å²) in [5.74, 6) is 1.16. The molecule has 0 amide bonds. The van der Waals surface area contributed by atoms with Gasteiger partial charge in [0.2, 0.25) is 5.76 Å². The van der Waals surface area contributed by atoms with Crippen molar-refractivity contribution in [1.82, 2.24) is 14.8 Å². The number of methoxy groups -OCH3 is 1. The Kier molecular flexibility index (Phi) is 5.00. The molecular formula is C17H17N3O3S. The summed E-state index contributed by atoms with van der Waals surface area (Å²) in [6.45, 7) is 2.63. The molecule has 3 aromatic rings. The minimum absolute atomic E-state index is 0.232. The van der Waals surface area contributed by atoms with E-state index in [4.69, 9.17) is 9.15 Å². The number of furan rings is 1. The highest BCUT2D eigenvalue weighted by Gasteiger charge is 2.17. The number of aryl methyl sites for hydroxylation is 1. The molecule has 6 nitrogen and oxygen atoms in total. The highest BCUT2D eigenvalue weighted by atomic mass is 32.2. The smallest absolute Gasteiger partial charge is 0.374 e. The van der Waals surface area contributed by atoms with Crippen LogP contribution in [0, 0.1) is 6.92 Å². The summed E-state index contributed by atoms with van der Waals surface area (Å²) in [4.78, 5) is 11.7. The first-order valence-corrected chi connectivity index (χ1v) is 8.39. The van der Waals surface area contributed by atoms with E-state index in [-0.39, 0.29) is 5.76 Å². The normalized spacial score (nSPS) is 10.8. The van der Waals surface area contributed by atoms with Crippen LogP contribution in [0.1, 0.15) is 27.5 Å². The Morgan fingerprint density at radius 2 is 2.04 bits per heavy atom. The molecule has 2 aromatic heterocycles. The van der Waals surface area contributed by atoms with Gasteiger partial charge in [-0.05, 0) is 18.6 Å². The maximum absolute atomic E-state index is 11.7. The van der Waals surface area contributed by atoms with Crippen LogP contribution >= 0.6 is 11.8 Å². The second-order valence-electron chi connectivity index (χ2n) is 5.16. The summed E-state index contributed by atoms with van der Waals surface area (Å²) in [5, 5.41) is 9.20. The van der Waals surface area contributed by atoms with Crippen molar-refractivity contribution in [3.05, 3.63) is 65.4 Å². The third kappa shape index (κ3) is 3.51. The number of thioether (sulfide) groups is 1. The molecule has 2 heterocycles. The lowest BCUT2D eigenvalue weighted by molar-refractivity contribution is 0.0564. The van der Waals surface area contributed by atoms with Crippen LogP contribution in [0.5, 0.6) is 0 Å². The molecule has 0 aliphatic rings. The van der Waals surface area contributed by atoms with Gasteiger partial charge in [0.05, 0.1) is 19.9 Å². The zero-order valence-corrected chi connectivity index (χ0v) is 14.2. The van der Waals surface area contributed by atoms with Gasteiger partial charge in [-0.1, -0.05) is 42.1 Å². The molecule has 0 saturated heterocycles. The first-order chi connectivity index (χ1) is 11.7. The van der Waals surface area contributed by atoms with Gasteiger partial charge >= 0.3 is 5.97 Å². The molecule has 0 bridgehead atoms.